The first-order valence-electron chi connectivity index (χ1n) is 4.16. The van der Waals surface area contributed by atoms with E-state index in [-0.39, 0.29) is 5.92 Å². The molecule has 78 valence electrons. The van der Waals surface area contributed by atoms with E-state index in [4.69, 9.17) is 22.2 Å². The first kappa shape index (κ1) is 11.1. The topological polar surface area (TPSA) is 47.3 Å². The maximum absolute atomic E-state index is 12.8. The van der Waals surface area contributed by atoms with Gasteiger partial charge in [0.15, 0.2) is 0 Å². The highest BCUT2D eigenvalue weighted by molar-refractivity contribution is 6.22. The summed E-state index contributed by atoms with van der Waals surface area (Å²) >= 11 is 4.92. The van der Waals surface area contributed by atoms with Gasteiger partial charge in [-0.15, -0.1) is 0 Å². The third-order valence-electron chi connectivity index (χ3n) is 2.27. The van der Waals surface area contributed by atoms with Crippen molar-refractivity contribution in [2.75, 3.05) is 13.2 Å². The van der Waals surface area contributed by atoms with Crippen LogP contribution in [0.3, 0.4) is 0 Å². The van der Waals surface area contributed by atoms with Gasteiger partial charge >= 0.3 is 5.38 Å². The molecule has 1 aliphatic heterocycles. The van der Waals surface area contributed by atoms with Crippen LogP contribution in [0.4, 0.5) is 8.78 Å². The predicted octanol–water partition coefficient (Wildman–Crippen LogP) is 1.08. The van der Waals surface area contributed by atoms with Gasteiger partial charge in [0.1, 0.15) is 6.04 Å². The van der Waals surface area contributed by atoms with Crippen molar-refractivity contribution in [3.63, 3.8) is 0 Å². The van der Waals surface area contributed by atoms with E-state index in [9.17, 15) is 8.78 Å². The van der Waals surface area contributed by atoms with Crippen molar-refractivity contribution >= 4 is 11.6 Å². The molecule has 0 aromatic rings. The zero-order chi connectivity index (χ0) is 9.90. The van der Waals surface area contributed by atoms with Crippen LogP contribution in [0.15, 0.2) is 0 Å². The van der Waals surface area contributed by atoms with E-state index in [0.29, 0.717) is 26.1 Å². The molecular formula is C7H13ClF2N2O. The lowest BCUT2D eigenvalue weighted by Gasteiger charge is -2.31. The average molecular weight is 215 g/mol. The molecule has 1 aliphatic rings. The van der Waals surface area contributed by atoms with Gasteiger partial charge in [-0.25, -0.2) is 5.43 Å². The molecule has 1 saturated heterocycles. The van der Waals surface area contributed by atoms with Crippen molar-refractivity contribution in [2.24, 2.45) is 11.8 Å². The summed E-state index contributed by atoms with van der Waals surface area (Å²) in [5, 5.41) is -3.29. The second-order valence-corrected chi connectivity index (χ2v) is 3.64. The summed E-state index contributed by atoms with van der Waals surface area (Å²) in [4.78, 5) is 0. The minimum atomic E-state index is -3.29. The maximum atomic E-state index is 12.8. The van der Waals surface area contributed by atoms with Crippen LogP contribution in [0.5, 0.6) is 0 Å². The van der Waals surface area contributed by atoms with Gasteiger partial charge in [-0.1, -0.05) is 0 Å². The van der Waals surface area contributed by atoms with Gasteiger partial charge in [0, 0.05) is 13.2 Å². The first-order valence-corrected chi connectivity index (χ1v) is 4.54. The zero-order valence-corrected chi connectivity index (χ0v) is 7.86. The van der Waals surface area contributed by atoms with E-state index in [1.807, 2.05) is 0 Å². The summed E-state index contributed by atoms with van der Waals surface area (Å²) in [5.74, 6) is 4.82. The van der Waals surface area contributed by atoms with Gasteiger partial charge in [0.25, 0.3) is 0 Å². The Morgan fingerprint density at radius 1 is 1.46 bits per heavy atom. The second kappa shape index (κ2) is 4.50. The van der Waals surface area contributed by atoms with Gasteiger partial charge in [0.05, 0.1) is 0 Å². The molecular weight excluding hydrogens is 202 g/mol. The lowest BCUT2D eigenvalue weighted by atomic mass is 9.92. The highest BCUT2D eigenvalue weighted by atomic mass is 35.5. The van der Waals surface area contributed by atoms with Crippen molar-refractivity contribution in [1.29, 1.82) is 0 Å². The van der Waals surface area contributed by atoms with Crippen molar-refractivity contribution in [2.45, 2.75) is 24.3 Å². The number of ether oxygens (including phenoxy) is 1. The van der Waals surface area contributed by atoms with Gasteiger partial charge in [0.2, 0.25) is 0 Å². The van der Waals surface area contributed by atoms with Crippen LogP contribution in [-0.4, -0.2) is 24.6 Å². The Bertz CT molecular complexity index is 159. The van der Waals surface area contributed by atoms with Crippen LogP contribution >= 0.6 is 11.6 Å². The summed E-state index contributed by atoms with van der Waals surface area (Å²) in [6.45, 7) is 0.992. The summed E-state index contributed by atoms with van der Waals surface area (Å²) in [7, 11) is 0. The number of hydrazine groups is 1. The summed E-state index contributed by atoms with van der Waals surface area (Å²) in [6.07, 6.45) is 1.13. The Labute approximate surface area is 80.5 Å². The number of alkyl halides is 3. The molecule has 1 rings (SSSR count). The highest BCUT2D eigenvalue weighted by Crippen LogP contribution is 2.32. The number of halogens is 3. The van der Waals surface area contributed by atoms with Crippen LogP contribution in [-0.2, 0) is 4.74 Å². The molecule has 3 N–H and O–H groups in total. The molecule has 13 heavy (non-hydrogen) atoms. The summed E-state index contributed by atoms with van der Waals surface area (Å²) in [5.41, 5.74) is 2.07. The number of rotatable bonds is 3. The molecule has 3 nitrogen and oxygen atoms in total. The Balaban J connectivity index is 2.54. The van der Waals surface area contributed by atoms with Gasteiger partial charge in [-0.05, 0) is 30.4 Å². The number of hydrogen-bond acceptors (Lipinski definition) is 3. The van der Waals surface area contributed by atoms with Gasteiger partial charge in [-0.3, -0.25) is 5.84 Å². The first-order chi connectivity index (χ1) is 6.05. The van der Waals surface area contributed by atoms with Crippen molar-refractivity contribution in [3.05, 3.63) is 0 Å². The molecule has 0 aliphatic carbocycles. The SMILES string of the molecule is NNC(C1CCOCC1)C(F)(F)Cl. The van der Waals surface area contributed by atoms with Crippen molar-refractivity contribution in [3.8, 4) is 0 Å². The van der Waals surface area contributed by atoms with Crippen LogP contribution < -0.4 is 11.3 Å². The fourth-order valence-corrected chi connectivity index (χ4v) is 1.79. The molecule has 0 spiro atoms. The van der Waals surface area contributed by atoms with Crippen LogP contribution in [0.2, 0.25) is 0 Å². The van der Waals surface area contributed by atoms with Gasteiger partial charge in [-0.2, -0.15) is 8.78 Å². The molecule has 1 unspecified atom stereocenters. The molecule has 0 amide bonds. The molecule has 6 heteroatoms. The molecule has 0 aromatic carbocycles. The van der Waals surface area contributed by atoms with Crippen LogP contribution in [0.25, 0.3) is 0 Å². The smallest absolute Gasteiger partial charge is 0.338 e. The molecule has 0 radical (unpaired) electrons. The highest BCUT2D eigenvalue weighted by Gasteiger charge is 2.42. The zero-order valence-electron chi connectivity index (χ0n) is 7.10. The fourth-order valence-electron chi connectivity index (χ4n) is 1.55. The number of nitrogens with two attached hydrogens (primary N) is 1. The van der Waals surface area contributed by atoms with Gasteiger partial charge < -0.3 is 4.74 Å². The number of nitrogens with one attached hydrogen (secondary N) is 1. The average Bonchev–Trinajstić information content (AvgIpc) is 2.05. The minimum absolute atomic E-state index is 0.216. The molecule has 0 bridgehead atoms. The Morgan fingerprint density at radius 2 is 2.00 bits per heavy atom. The van der Waals surface area contributed by atoms with E-state index < -0.39 is 11.4 Å². The van der Waals surface area contributed by atoms with Crippen LogP contribution in [0, 0.1) is 5.92 Å². The monoisotopic (exact) mass is 214 g/mol. The standard InChI is InChI=1S/C7H13ClF2N2O/c8-7(9,10)6(12-11)5-1-3-13-4-2-5/h5-6,12H,1-4,11H2. The second-order valence-electron chi connectivity index (χ2n) is 3.14. The molecule has 1 atom stereocenters. The number of hydrogen-bond donors (Lipinski definition) is 2. The predicted molar refractivity (Wildman–Crippen MR) is 45.5 cm³/mol. The quantitative estimate of drug-likeness (QED) is 0.420. The lowest BCUT2D eigenvalue weighted by molar-refractivity contribution is -0.0143. The summed E-state index contributed by atoms with van der Waals surface area (Å²) < 4.78 is 30.6. The van der Waals surface area contributed by atoms with E-state index >= 15 is 0 Å². The van der Waals surface area contributed by atoms with Crippen LogP contribution in [0.1, 0.15) is 12.8 Å². The molecule has 0 saturated carbocycles. The lowest BCUT2D eigenvalue weighted by Crippen LogP contribution is -2.51. The Hall–Kier alpha value is 0.0300. The van der Waals surface area contributed by atoms with E-state index in [1.165, 1.54) is 0 Å². The van der Waals surface area contributed by atoms with E-state index in [2.05, 4.69) is 5.43 Å². The molecule has 1 heterocycles. The van der Waals surface area contributed by atoms with E-state index in [1.54, 1.807) is 0 Å². The summed E-state index contributed by atoms with van der Waals surface area (Å²) in [6, 6.07) is -1.17. The molecule has 1 fully saturated rings. The largest absolute Gasteiger partial charge is 0.381 e. The van der Waals surface area contributed by atoms with E-state index in [0.717, 1.165) is 0 Å². The Kier molecular flexibility index (Phi) is 3.85. The maximum Gasteiger partial charge on any atom is 0.338 e. The fraction of sp³-hybridized carbons (Fsp3) is 1.00. The minimum Gasteiger partial charge on any atom is -0.381 e. The third kappa shape index (κ3) is 3.02. The van der Waals surface area contributed by atoms with Crippen molar-refractivity contribution < 1.29 is 13.5 Å². The third-order valence-corrected chi connectivity index (χ3v) is 2.50. The molecule has 0 aromatic heterocycles. The normalized spacial score (nSPS) is 23.1. The van der Waals surface area contributed by atoms with Crippen molar-refractivity contribution in [1.82, 2.24) is 5.43 Å². The Morgan fingerprint density at radius 3 is 2.38 bits per heavy atom.